The topological polar surface area (TPSA) is 199 Å². The highest BCUT2D eigenvalue weighted by atomic mass is 32.2. The number of carbonyl (C=O) groups excluding carboxylic acids is 5. The van der Waals surface area contributed by atoms with Crippen molar-refractivity contribution in [3.05, 3.63) is 58.9 Å². The summed E-state index contributed by atoms with van der Waals surface area (Å²) < 4.78 is 65.5. The summed E-state index contributed by atoms with van der Waals surface area (Å²) in [6, 6.07) is 6.83. The van der Waals surface area contributed by atoms with E-state index in [4.69, 9.17) is 18.9 Å². The molecule has 3 N–H and O–H groups in total. The van der Waals surface area contributed by atoms with Crippen LogP contribution in [-0.2, 0) is 52.7 Å². The van der Waals surface area contributed by atoms with Crippen LogP contribution in [0, 0.1) is 11.7 Å². The lowest BCUT2D eigenvalue weighted by Gasteiger charge is -2.30. The molecule has 1 aliphatic carbocycles. The number of nitrogens with zero attached hydrogens (tertiary/aromatic N) is 2. The Morgan fingerprint density at radius 3 is 2.31 bits per heavy atom. The van der Waals surface area contributed by atoms with E-state index >= 15 is 0 Å². The molecule has 1 saturated carbocycles. The molecular formula is C41H54FN5O11S. The fourth-order valence-electron chi connectivity index (χ4n) is 8.19. The minimum absolute atomic E-state index is 0.0186. The monoisotopic (exact) mass is 843 g/mol. The van der Waals surface area contributed by atoms with Crippen LogP contribution in [0.2, 0.25) is 0 Å². The number of ether oxygens (including phenoxy) is 4. The van der Waals surface area contributed by atoms with Crippen LogP contribution in [0.1, 0.15) is 95.2 Å². The van der Waals surface area contributed by atoms with E-state index in [0.717, 1.165) is 19.3 Å². The zero-order valence-electron chi connectivity index (χ0n) is 34.1. The van der Waals surface area contributed by atoms with Gasteiger partial charge in [0.25, 0.3) is 5.91 Å². The van der Waals surface area contributed by atoms with Crippen LogP contribution in [0.4, 0.5) is 14.0 Å². The number of methoxy groups -OCH3 is 2. The number of fused-ring (bicyclic) bond motifs is 3. The fourth-order valence-corrected chi connectivity index (χ4v) is 9.33. The number of hydrogen-bond donors (Lipinski definition) is 3. The number of sulfonamides is 1. The summed E-state index contributed by atoms with van der Waals surface area (Å²) in [5.74, 6) is -2.95. The molecule has 5 atom stereocenters. The largest absolute Gasteiger partial charge is 0.497 e. The van der Waals surface area contributed by atoms with Gasteiger partial charge in [0, 0.05) is 24.6 Å². The second-order valence-electron chi connectivity index (χ2n) is 16.8. The summed E-state index contributed by atoms with van der Waals surface area (Å²) in [5.41, 5.74) is -1.14. The van der Waals surface area contributed by atoms with Crippen molar-refractivity contribution in [2.24, 2.45) is 5.92 Å². The molecule has 3 heterocycles. The molecule has 5 amide bonds. The maximum Gasteiger partial charge on any atom is 0.410 e. The predicted molar refractivity (Wildman–Crippen MR) is 211 cm³/mol. The first-order valence-corrected chi connectivity index (χ1v) is 21.7. The molecule has 3 aliphatic heterocycles. The van der Waals surface area contributed by atoms with Crippen LogP contribution in [0.25, 0.3) is 0 Å². The molecule has 0 radical (unpaired) electrons. The van der Waals surface area contributed by atoms with Gasteiger partial charge in [-0.2, -0.15) is 0 Å². The van der Waals surface area contributed by atoms with Gasteiger partial charge in [-0.25, -0.2) is 22.4 Å². The predicted octanol–water partition coefficient (Wildman–Crippen LogP) is 4.42. The summed E-state index contributed by atoms with van der Waals surface area (Å²) in [6.45, 7) is 4.95. The van der Waals surface area contributed by atoms with Gasteiger partial charge in [0.05, 0.1) is 33.1 Å². The maximum absolute atomic E-state index is 14.5. The van der Waals surface area contributed by atoms with Crippen molar-refractivity contribution in [2.75, 3.05) is 20.8 Å². The van der Waals surface area contributed by atoms with Crippen molar-refractivity contribution in [3.63, 3.8) is 0 Å². The van der Waals surface area contributed by atoms with E-state index in [1.54, 1.807) is 39.0 Å². The number of benzene rings is 2. The summed E-state index contributed by atoms with van der Waals surface area (Å²) in [4.78, 5) is 72.0. The van der Waals surface area contributed by atoms with E-state index < -0.39 is 80.8 Å². The van der Waals surface area contributed by atoms with Crippen LogP contribution >= 0.6 is 0 Å². The Bertz CT molecular complexity index is 2040. The number of halogens is 1. The normalized spacial score (nSPS) is 24.9. The standard InChI is InChI=1S/C41H54FN5O11S/c1-40(2,3)58-38(51)43-33-15-10-8-6-7-9-13-27-20-41(27,37(50)45-59(53,54)24-25-16-28(55-4)18-29(17-25)56-5)44-35(48)34-19-30(22-47(34)36(33)49)57-39(52)46-21-26-12-11-14-32(42)31(26)23-46/h11-12,14,16-18,27,30,33-34H,6-10,13,15,19-24H2,1-5H3,(H,43,51)(H,44,48)(H,45,50)/t27-,30+,33-,34-,41+/m0/s1. The Morgan fingerprint density at radius 1 is 0.966 bits per heavy atom. The van der Waals surface area contributed by atoms with Gasteiger partial charge in [0.15, 0.2) is 0 Å². The Labute approximate surface area is 343 Å². The van der Waals surface area contributed by atoms with Crippen molar-refractivity contribution in [3.8, 4) is 11.5 Å². The highest BCUT2D eigenvalue weighted by molar-refractivity contribution is 7.89. The summed E-state index contributed by atoms with van der Waals surface area (Å²) >= 11 is 0. The third kappa shape index (κ3) is 10.6. The zero-order chi connectivity index (χ0) is 42.7. The van der Waals surface area contributed by atoms with E-state index in [9.17, 15) is 36.8 Å². The molecule has 2 aromatic rings. The molecule has 16 nitrogen and oxygen atoms in total. The molecule has 0 unspecified atom stereocenters. The Hall–Kier alpha value is -5.13. The minimum atomic E-state index is -4.30. The lowest BCUT2D eigenvalue weighted by Crippen LogP contribution is -2.58. The number of rotatable bonds is 8. The molecule has 0 aromatic heterocycles. The van der Waals surface area contributed by atoms with Crippen LogP contribution in [0.3, 0.4) is 0 Å². The van der Waals surface area contributed by atoms with Gasteiger partial charge >= 0.3 is 12.2 Å². The van der Waals surface area contributed by atoms with Gasteiger partial charge in [0.1, 0.15) is 46.6 Å². The van der Waals surface area contributed by atoms with Crippen LogP contribution in [-0.4, -0.2) is 98.2 Å². The molecule has 2 aromatic carbocycles. The van der Waals surface area contributed by atoms with Gasteiger partial charge in [-0.05, 0) is 75.3 Å². The Morgan fingerprint density at radius 2 is 1.64 bits per heavy atom. The van der Waals surface area contributed by atoms with Crippen LogP contribution < -0.4 is 24.8 Å². The molecule has 322 valence electrons. The van der Waals surface area contributed by atoms with Gasteiger partial charge in [-0.3, -0.25) is 24.0 Å². The van der Waals surface area contributed by atoms with Crippen LogP contribution in [0.15, 0.2) is 36.4 Å². The van der Waals surface area contributed by atoms with Gasteiger partial charge in [0.2, 0.25) is 21.8 Å². The van der Waals surface area contributed by atoms with Gasteiger partial charge in [-0.15, -0.1) is 0 Å². The number of hydrogen-bond acceptors (Lipinski definition) is 11. The molecule has 0 bridgehead atoms. The summed E-state index contributed by atoms with van der Waals surface area (Å²) in [5, 5.41) is 5.51. The second-order valence-corrected chi connectivity index (χ2v) is 18.5. The maximum atomic E-state index is 14.5. The van der Waals surface area contributed by atoms with Gasteiger partial charge in [-0.1, -0.05) is 44.2 Å². The highest BCUT2D eigenvalue weighted by Crippen LogP contribution is 2.48. The van der Waals surface area contributed by atoms with E-state index in [0.29, 0.717) is 47.5 Å². The molecule has 18 heteroatoms. The van der Waals surface area contributed by atoms with Gasteiger partial charge < -0.3 is 34.5 Å². The minimum Gasteiger partial charge on any atom is -0.497 e. The third-order valence-corrected chi connectivity index (χ3v) is 12.4. The quantitative estimate of drug-likeness (QED) is 0.340. The molecule has 3 fully saturated rings. The van der Waals surface area contributed by atoms with Crippen molar-refractivity contribution >= 4 is 39.9 Å². The van der Waals surface area contributed by atoms with Crippen molar-refractivity contribution in [2.45, 2.75) is 127 Å². The van der Waals surface area contributed by atoms with E-state index in [-0.39, 0.29) is 44.8 Å². The number of nitrogens with one attached hydrogen (secondary N) is 3. The average molecular weight is 844 g/mol. The van der Waals surface area contributed by atoms with Crippen molar-refractivity contribution in [1.29, 1.82) is 0 Å². The van der Waals surface area contributed by atoms with E-state index in [1.165, 1.54) is 42.2 Å². The Kier molecular flexibility index (Phi) is 13.0. The molecule has 4 aliphatic rings. The number of amides is 5. The Balaban J connectivity index is 1.25. The lowest BCUT2D eigenvalue weighted by atomic mass is 10.0. The number of carbonyl (C=O) groups is 5. The van der Waals surface area contributed by atoms with Crippen molar-refractivity contribution in [1.82, 2.24) is 25.2 Å². The molecular weight excluding hydrogens is 790 g/mol. The molecule has 6 rings (SSSR count). The first kappa shape index (κ1) is 43.4. The SMILES string of the molecule is COc1cc(CS(=O)(=O)NC(=O)[C@@]23C[C@@H]2CCCCCCC[C@H](NC(=O)OC(C)(C)C)C(=O)N2C[C@H](OC(=O)N4Cc5cccc(F)c5C4)C[C@H]2C(=O)N3)cc(OC)c1. The van der Waals surface area contributed by atoms with Crippen molar-refractivity contribution < 1.29 is 55.7 Å². The molecule has 0 spiro atoms. The smallest absolute Gasteiger partial charge is 0.410 e. The van der Waals surface area contributed by atoms with E-state index in [1.807, 2.05) is 0 Å². The number of alkyl carbamates (subject to hydrolysis) is 1. The zero-order valence-corrected chi connectivity index (χ0v) is 35.0. The average Bonchev–Trinajstić information content (AvgIpc) is 3.45. The fraction of sp³-hybridized carbons (Fsp3) is 0.585. The van der Waals surface area contributed by atoms with E-state index in [2.05, 4.69) is 15.4 Å². The molecule has 59 heavy (non-hydrogen) atoms. The summed E-state index contributed by atoms with van der Waals surface area (Å²) in [7, 11) is -1.45. The lowest BCUT2D eigenvalue weighted by molar-refractivity contribution is -0.141. The first-order valence-electron chi connectivity index (χ1n) is 20.0. The third-order valence-electron chi connectivity index (χ3n) is 11.2. The summed E-state index contributed by atoms with van der Waals surface area (Å²) in [6.07, 6.45) is 1.86. The highest BCUT2D eigenvalue weighted by Gasteiger charge is 2.62. The second kappa shape index (κ2) is 17.6. The first-order chi connectivity index (χ1) is 27.9. The molecule has 2 saturated heterocycles. The van der Waals surface area contributed by atoms with Crippen LogP contribution in [0.5, 0.6) is 11.5 Å².